The van der Waals surface area contributed by atoms with E-state index < -0.39 is 0 Å². The number of thiazole rings is 1. The molecule has 28 heavy (non-hydrogen) atoms. The topological polar surface area (TPSA) is 107 Å². The van der Waals surface area contributed by atoms with Crippen molar-refractivity contribution >= 4 is 39.4 Å². The van der Waals surface area contributed by atoms with Gasteiger partial charge in [-0.3, -0.25) is 4.79 Å². The Kier molecular flexibility index (Phi) is 5.11. The van der Waals surface area contributed by atoms with Crippen molar-refractivity contribution in [3.8, 4) is 11.5 Å². The minimum Gasteiger partial charge on any atom is -0.497 e. The second kappa shape index (κ2) is 7.85. The Morgan fingerprint density at radius 1 is 1.14 bits per heavy atom. The zero-order valence-corrected chi connectivity index (χ0v) is 16.2. The molecular weight excluding hydrogens is 380 g/mol. The molecule has 146 valence electrons. The molecule has 0 atom stereocenters. The number of hydrogen-bond donors (Lipinski definition) is 1. The fourth-order valence-electron chi connectivity index (χ4n) is 3.06. The van der Waals surface area contributed by atoms with Crippen LogP contribution < -0.4 is 20.1 Å². The van der Waals surface area contributed by atoms with Gasteiger partial charge in [-0.25, -0.2) is 9.97 Å². The van der Waals surface area contributed by atoms with Gasteiger partial charge in [-0.2, -0.15) is 4.98 Å². The van der Waals surface area contributed by atoms with E-state index in [0.29, 0.717) is 31.9 Å². The van der Waals surface area contributed by atoms with Gasteiger partial charge >= 0.3 is 0 Å². The Bertz CT molecular complexity index is 969. The van der Waals surface area contributed by atoms with E-state index in [4.69, 9.17) is 15.2 Å². The van der Waals surface area contributed by atoms with Crippen molar-refractivity contribution in [1.29, 1.82) is 0 Å². The van der Waals surface area contributed by atoms with Crippen LogP contribution in [0, 0.1) is 0 Å². The van der Waals surface area contributed by atoms with Crippen LogP contribution in [-0.2, 0) is 4.79 Å². The number of carbonyl (C=O) groups excluding carboxylic acids is 1. The smallest absolute Gasteiger partial charge is 0.260 e. The van der Waals surface area contributed by atoms with Gasteiger partial charge < -0.3 is 25.0 Å². The summed E-state index contributed by atoms with van der Waals surface area (Å²) >= 11 is 1.43. The molecule has 0 saturated carbocycles. The summed E-state index contributed by atoms with van der Waals surface area (Å²) < 4.78 is 10.7. The summed E-state index contributed by atoms with van der Waals surface area (Å²) in [5.74, 6) is 2.30. The van der Waals surface area contributed by atoms with Crippen LogP contribution in [0.25, 0.3) is 10.3 Å². The predicted octanol–water partition coefficient (Wildman–Crippen LogP) is 1.40. The number of nitrogens with zero attached hydrogens (tertiary/aromatic N) is 5. The van der Waals surface area contributed by atoms with E-state index in [1.165, 1.54) is 11.3 Å². The minimum atomic E-state index is -0.0449. The second-order valence-corrected chi connectivity index (χ2v) is 7.08. The van der Waals surface area contributed by atoms with Crippen LogP contribution in [0.5, 0.6) is 11.5 Å². The number of nitrogen functional groups attached to an aromatic ring is 1. The Labute approximate surface area is 165 Å². The first kappa shape index (κ1) is 18.2. The molecule has 1 aliphatic heterocycles. The number of amides is 1. The van der Waals surface area contributed by atoms with E-state index in [9.17, 15) is 4.79 Å². The highest BCUT2D eigenvalue weighted by Gasteiger charge is 2.24. The van der Waals surface area contributed by atoms with Gasteiger partial charge in [0, 0.05) is 26.2 Å². The van der Waals surface area contributed by atoms with Gasteiger partial charge in [0.2, 0.25) is 5.95 Å². The highest BCUT2D eigenvalue weighted by molar-refractivity contribution is 7.16. The summed E-state index contributed by atoms with van der Waals surface area (Å²) in [5, 5.41) is 0. The summed E-state index contributed by atoms with van der Waals surface area (Å²) in [6.07, 6.45) is 0. The number of rotatable bonds is 5. The Morgan fingerprint density at radius 3 is 2.57 bits per heavy atom. The van der Waals surface area contributed by atoms with E-state index in [0.717, 1.165) is 21.9 Å². The third-order valence-corrected chi connectivity index (χ3v) is 5.27. The first-order valence-corrected chi connectivity index (χ1v) is 9.68. The maximum Gasteiger partial charge on any atom is 0.260 e. The standard InChI is InChI=1S/C18H20N6O3S/c1-26-12-2-4-13(5-3-12)27-10-14(25)23-6-8-24(9-7-23)16-15-17(28-11-20-15)22-18(19)21-16/h2-5,11H,6-10H2,1H3,(H2,19,21,22). The third-order valence-electron chi connectivity index (χ3n) is 4.55. The monoisotopic (exact) mass is 400 g/mol. The zero-order valence-electron chi connectivity index (χ0n) is 15.4. The van der Waals surface area contributed by atoms with Crippen molar-refractivity contribution in [2.75, 3.05) is 50.5 Å². The van der Waals surface area contributed by atoms with Crippen molar-refractivity contribution in [3.63, 3.8) is 0 Å². The van der Waals surface area contributed by atoms with Gasteiger partial charge in [-0.05, 0) is 24.3 Å². The molecule has 3 heterocycles. The molecule has 1 amide bonds. The van der Waals surface area contributed by atoms with Gasteiger partial charge in [0.05, 0.1) is 12.6 Å². The molecule has 1 fully saturated rings. The number of ether oxygens (including phenoxy) is 2. The van der Waals surface area contributed by atoms with E-state index in [-0.39, 0.29) is 18.5 Å². The summed E-state index contributed by atoms with van der Waals surface area (Å²) in [6, 6.07) is 7.15. The highest BCUT2D eigenvalue weighted by Crippen LogP contribution is 2.26. The molecule has 9 nitrogen and oxygen atoms in total. The molecular formula is C18H20N6O3S. The first-order valence-electron chi connectivity index (χ1n) is 8.80. The molecule has 1 aromatic carbocycles. The molecule has 10 heteroatoms. The van der Waals surface area contributed by atoms with E-state index >= 15 is 0 Å². The Hall–Kier alpha value is -3.14. The number of aromatic nitrogens is 3. The van der Waals surface area contributed by atoms with Crippen LogP contribution in [-0.4, -0.2) is 65.7 Å². The van der Waals surface area contributed by atoms with E-state index in [2.05, 4.69) is 19.9 Å². The van der Waals surface area contributed by atoms with Crippen molar-refractivity contribution in [1.82, 2.24) is 19.9 Å². The van der Waals surface area contributed by atoms with Crippen molar-refractivity contribution in [3.05, 3.63) is 29.8 Å². The number of methoxy groups -OCH3 is 1. The first-order chi connectivity index (χ1) is 13.6. The lowest BCUT2D eigenvalue weighted by atomic mass is 10.3. The van der Waals surface area contributed by atoms with Crippen LogP contribution in [0.15, 0.2) is 29.8 Å². The summed E-state index contributed by atoms with van der Waals surface area (Å²) in [5.41, 5.74) is 8.31. The van der Waals surface area contributed by atoms with Gasteiger partial charge in [0.1, 0.15) is 17.0 Å². The van der Waals surface area contributed by atoms with Crippen molar-refractivity contribution in [2.24, 2.45) is 0 Å². The number of hydrogen-bond acceptors (Lipinski definition) is 9. The number of fused-ring (bicyclic) bond motifs is 1. The lowest BCUT2D eigenvalue weighted by Crippen LogP contribution is -2.50. The van der Waals surface area contributed by atoms with Gasteiger partial charge in [0.25, 0.3) is 5.91 Å². The SMILES string of the molecule is COc1ccc(OCC(=O)N2CCN(c3nc(N)nc4scnc34)CC2)cc1. The number of benzene rings is 1. The van der Waals surface area contributed by atoms with Crippen LogP contribution in [0.1, 0.15) is 0 Å². The average Bonchev–Trinajstić information content (AvgIpc) is 3.20. The number of piperazine rings is 1. The Morgan fingerprint density at radius 2 is 1.86 bits per heavy atom. The van der Waals surface area contributed by atoms with Crippen molar-refractivity contribution < 1.29 is 14.3 Å². The molecule has 3 aromatic rings. The van der Waals surface area contributed by atoms with Gasteiger partial charge in [-0.1, -0.05) is 0 Å². The fraction of sp³-hybridized carbons (Fsp3) is 0.333. The fourth-order valence-corrected chi connectivity index (χ4v) is 3.72. The van der Waals surface area contributed by atoms with Crippen molar-refractivity contribution in [2.45, 2.75) is 0 Å². The lowest BCUT2D eigenvalue weighted by Gasteiger charge is -2.35. The molecule has 0 radical (unpaired) electrons. The largest absolute Gasteiger partial charge is 0.497 e. The molecule has 2 aromatic heterocycles. The number of anilines is 2. The molecule has 0 bridgehead atoms. The van der Waals surface area contributed by atoms with Gasteiger partial charge in [0.15, 0.2) is 17.3 Å². The van der Waals surface area contributed by atoms with Crippen LogP contribution in [0.3, 0.4) is 0 Å². The minimum absolute atomic E-state index is 0.00309. The maximum atomic E-state index is 12.5. The predicted molar refractivity (Wildman–Crippen MR) is 107 cm³/mol. The van der Waals surface area contributed by atoms with Crippen LogP contribution >= 0.6 is 11.3 Å². The molecule has 0 unspecified atom stereocenters. The maximum absolute atomic E-state index is 12.5. The molecule has 1 saturated heterocycles. The summed E-state index contributed by atoms with van der Waals surface area (Å²) in [6.45, 7) is 2.47. The molecule has 0 aliphatic carbocycles. The van der Waals surface area contributed by atoms with Gasteiger partial charge in [-0.15, -0.1) is 11.3 Å². The zero-order chi connectivity index (χ0) is 19.5. The summed E-state index contributed by atoms with van der Waals surface area (Å²) in [4.78, 5) is 30.0. The Balaban J connectivity index is 1.34. The highest BCUT2D eigenvalue weighted by atomic mass is 32.1. The molecule has 4 rings (SSSR count). The third kappa shape index (κ3) is 3.77. The quantitative estimate of drug-likeness (QED) is 0.685. The average molecular weight is 400 g/mol. The normalized spacial score (nSPS) is 14.3. The molecule has 0 spiro atoms. The number of nitrogens with two attached hydrogens (primary N) is 1. The lowest BCUT2D eigenvalue weighted by molar-refractivity contribution is -0.133. The number of carbonyl (C=O) groups is 1. The van der Waals surface area contributed by atoms with Crippen LogP contribution in [0.4, 0.5) is 11.8 Å². The molecule has 2 N–H and O–H groups in total. The summed E-state index contributed by atoms with van der Waals surface area (Å²) in [7, 11) is 1.61. The van der Waals surface area contributed by atoms with Crippen LogP contribution in [0.2, 0.25) is 0 Å². The molecule has 1 aliphatic rings. The van der Waals surface area contributed by atoms with E-state index in [1.54, 1.807) is 41.8 Å². The van der Waals surface area contributed by atoms with E-state index in [1.807, 2.05) is 0 Å². The second-order valence-electron chi connectivity index (χ2n) is 6.24.